The Morgan fingerprint density at radius 3 is 2.25 bits per heavy atom. The third kappa shape index (κ3) is 1.99. The van der Waals surface area contributed by atoms with Crippen molar-refractivity contribution in [3.8, 4) is 0 Å². The highest BCUT2D eigenvalue weighted by atomic mass is 15.2. The second-order valence-corrected chi connectivity index (χ2v) is 4.06. The molecule has 2 atom stereocenters. The Morgan fingerprint density at radius 1 is 1.33 bits per heavy atom. The van der Waals surface area contributed by atoms with E-state index in [9.17, 15) is 0 Å². The average molecular weight is 168 g/mol. The quantitative estimate of drug-likeness (QED) is 0.497. The van der Waals surface area contributed by atoms with Crippen LogP contribution in [0.15, 0.2) is 0 Å². The highest BCUT2D eigenvalue weighted by molar-refractivity contribution is 5.79. The maximum atomic E-state index is 7.79. The third-order valence-electron chi connectivity index (χ3n) is 2.86. The van der Waals surface area contributed by atoms with E-state index in [2.05, 4.69) is 25.7 Å². The number of nitrogens with one attached hydrogen (secondary N) is 1. The van der Waals surface area contributed by atoms with Gasteiger partial charge in [0.25, 0.3) is 0 Å². The van der Waals surface area contributed by atoms with E-state index in [1.807, 2.05) is 0 Å². The molecule has 0 spiro atoms. The Balaban J connectivity index is 2.40. The molecule has 1 fully saturated rings. The molecule has 1 heterocycles. The maximum Gasteiger partial charge on any atom is 0.0957 e. The van der Waals surface area contributed by atoms with Crippen LogP contribution in [-0.2, 0) is 0 Å². The van der Waals surface area contributed by atoms with E-state index < -0.39 is 0 Å². The van der Waals surface area contributed by atoms with Gasteiger partial charge in [-0.25, -0.2) is 0 Å². The van der Waals surface area contributed by atoms with Crippen LogP contribution in [-0.4, -0.2) is 23.8 Å². The van der Waals surface area contributed by atoms with Crippen LogP contribution in [0, 0.1) is 17.2 Å². The van der Waals surface area contributed by atoms with Gasteiger partial charge < -0.3 is 4.90 Å². The second-order valence-electron chi connectivity index (χ2n) is 4.06. The van der Waals surface area contributed by atoms with Crippen LogP contribution in [0.3, 0.4) is 0 Å². The number of rotatable bonds is 2. The minimum atomic E-state index is 0.766. The molecule has 70 valence electrons. The Bertz CT molecular complexity index is 155. The molecule has 2 heteroatoms. The standard InChI is InChI=1S/C10H20N2/c1-4-5-10(11)12-6-8(2)9(3)7-12/h8-9,11H,4-7H2,1-3H3. The Morgan fingerprint density at radius 2 is 1.83 bits per heavy atom. The molecule has 2 nitrogen and oxygen atoms in total. The van der Waals surface area contributed by atoms with Gasteiger partial charge in [-0.3, -0.25) is 5.41 Å². The lowest BCUT2D eigenvalue weighted by molar-refractivity contribution is 0.477. The summed E-state index contributed by atoms with van der Waals surface area (Å²) in [7, 11) is 0. The van der Waals surface area contributed by atoms with E-state index in [1.165, 1.54) is 0 Å². The molecule has 1 saturated heterocycles. The van der Waals surface area contributed by atoms with Crippen LogP contribution >= 0.6 is 0 Å². The van der Waals surface area contributed by atoms with Crippen molar-refractivity contribution in [2.75, 3.05) is 13.1 Å². The van der Waals surface area contributed by atoms with Crippen molar-refractivity contribution in [1.29, 1.82) is 5.41 Å². The van der Waals surface area contributed by atoms with Gasteiger partial charge in [0.1, 0.15) is 0 Å². The summed E-state index contributed by atoms with van der Waals surface area (Å²) in [5, 5.41) is 7.79. The summed E-state index contributed by atoms with van der Waals surface area (Å²) in [6, 6.07) is 0. The molecule has 0 saturated carbocycles. The lowest BCUT2D eigenvalue weighted by Crippen LogP contribution is -2.27. The van der Waals surface area contributed by atoms with Crippen molar-refractivity contribution in [1.82, 2.24) is 4.90 Å². The first-order valence-electron chi connectivity index (χ1n) is 4.97. The van der Waals surface area contributed by atoms with Crippen LogP contribution in [0.4, 0.5) is 0 Å². The first kappa shape index (κ1) is 9.56. The predicted octanol–water partition coefficient (Wildman–Crippen LogP) is 2.35. The second kappa shape index (κ2) is 3.92. The van der Waals surface area contributed by atoms with Crippen molar-refractivity contribution in [2.45, 2.75) is 33.6 Å². The number of hydrogen-bond donors (Lipinski definition) is 1. The molecule has 0 radical (unpaired) electrons. The minimum Gasteiger partial charge on any atom is -0.360 e. The topological polar surface area (TPSA) is 27.1 Å². The van der Waals surface area contributed by atoms with Crippen LogP contribution in [0.25, 0.3) is 0 Å². The normalized spacial score (nSPS) is 29.4. The van der Waals surface area contributed by atoms with Gasteiger partial charge >= 0.3 is 0 Å². The molecule has 0 bridgehead atoms. The zero-order chi connectivity index (χ0) is 9.14. The van der Waals surface area contributed by atoms with E-state index in [4.69, 9.17) is 5.41 Å². The molecule has 2 unspecified atom stereocenters. The molecular weight excluding hydrogens is 148 g/mol. The minimum absolute atomic E-state index is 0.766. The molecule has 1 rings (SSSR count). The summed E-state index contributed by atoms with van der Waals surface area (Å²) in [5.74, 6) is 2.37. The zero-order valence-electron chi connectivity index (χ0n) is 8.43. The van der Waals surface area contributed by atoms with E-state index >= 15 is 0 Å². The predicted molar refractivity (Wildman–Crippen MR) is 52.5 cm³/mol. The summed E-state index contributed by atoms with van der Waals surface area (Å²) >= 11 is 0. The first-order chi connectivity index (χ1) is 5.65. The average Bonchev–Trinajstić information content (AvgIpc) is 2.33. The van der Waals surface area contributed by atoms with Crippen molar-refractivity contribution in [3.63, 3.8) is 0 Å². The van der Waals surface area contributed by atoms with Crippen LogP contribution in [0.5, 0.6) is 0 Å². The van der Waals surface area contributed by atoms with Gasteiger partial charge in [-0.15, -0.1) is 0 Å². The van der Waals surface area contributed by atoms with Crippen molar-refractivity contribution in [3.05, 3.63) is 0 Å². The fraction of sp³-hybridized carbons (Fsp3) is 0.900. The summed E-state index contributed by atoms with van der Waals surface area (Å²) in [5.41, 5.74) is 0. The third-order valence-corrected chi connectivity index (χ3v) is 2.86. The fourth-order valence-electron chi connectivity index (χ4n) is 1.74. The largest absolute Gasteiger partial charge is 0.360 e. The molecule has 1 N–H and O–H groups in total. The summed E-state index contributed by atoms with van der Waals surface area (Å²) in [4.78, 5) is 2.23. The summed E-state index contributed by atoms with van der Waals surface area (Å²) < 4.78 is 0. The lowest BCUT2D eigenvalue weighted by Gasteiger charge is -2.18. The van der Waals surface area contributed by atoms with E-state index in [0.717, 1.165) is 43.6 Å². The Kier molecular flexibility index (Phi) is 3.12. The van der Waals surface area contributed by atoms with E-state index in [-0.39, 0.29) is 0 Å². The molecule has 0 aromatic heterocycles. The lowest BCUT2D eigenvalue weighted by atomic mass is 10.0. The molecule has 0 aromatic carbocycles. The summed E-state index contributed by atoms with van der Waals surface area (Å²) in [6.07, 6.45) is 2.04. The first-order valence-corrected chi connectivity index (χ1v) is 4.97. The number of hydrogen-bond acceptors (Lipinski definition) is 1. The molecule has 1 aliphatic heterocycles. The highest BCUT2D eigenvalue weighted by Crippen LogP contribution is 2.22. The fourth-order valence-corrected chi connectivity index (χ4v) is 1.74. The van der Waals surface area contributed by atoms with Crippen molar-refractivity contribution in [2.24, 2.45) is 11.8 Å². The molecule has 1 aliphatic rings. The number of likely N-dealkylation sites (tertiary alicyclic amines) is 1. The van der Waals surface area contributed by atoms with Gasteiger partial charge in [0.2, 0.25) is 0 Å². The smallest absolute Gasteiger partial charge is 0.0957 e. The molecular formula is C10H20N2. The van der Waals surface area contributed by atoms with Gasteiger partial charge in [0, 0.05) is 19.5 Å². The monoisotopic (exact) mass is 168 g/mol. The van der Waals surface area contributed by atoms with Gasteiger partial charge in [-0.05, 0) is 18.3 Å². The number of amidine groups is 1. The zero-order valence-corrected chi connectivity index (χ0v) is 8.43. The SMILES string of the molecule is CCCC(=N)N1CC(C)C(C)C1. The molecule has 0 aliphatic carbocycles. The van der Waals surface area contributed by atoms with Crippen molar-refractivity contribution < 1.29 is 0 Å². The Hall–Kier alpha value is -0.530. The highest BCUT2D eigenvalue weighted by Gasteiger charge is 2.26. The van der Waals surface area contributed by atoms with Crippen LogP contribution in [0.2, 0.25) is 0 Å². The molecule has 0 aromatic rings. The van der Waals surface area contributed by atoms with E-state index in [0.29, 0.717) is 0 Å². The van der Waals surface area contributed by atoms with E-state index in [1.54, 1.807) is 0 Å². The number of nitrogens with zero attached hydrogens (tertiary/aromatic N) is 1. The van der Waals surface area contributed by atoms with Crippen LogP contribution in [0.1, 0.15) is 33.6 Å². The Labute approximate surface area is 75.5 Å². The van der Waals surface area contributed by atoms with Crippen LogP contribution < -0.4 is 0 Å². The maximum absolute atomic E-state index is 7.79. The molecule has 0 amide bonds. The van der Waals surface area contributed by atoms with Gasteiger partial charge in [-0.2, -0.15) is 0 Å². The van der Waals surface area contributed by atoms with Crippen molar-refractivity contribution >= 4 is 5.84 Å². The summed E-state index contributed by atoms with van der Waals surface area (Å²) in [6.45, 7) is 8.89. The van der Waals surface area contributed by atoms with Gasteiger partial charge in [0.05, 0.1) is 5.84 Å². The van der Waals surface area contributed by atoms with Gasteiger partial charge in [-0.1, -0.05) is 20.8 Å². The molecule has 12 heavy (non-hydrogen) atoms. The van der Waals surface area contributed by atoms with Gasteiger partial charge in [0.15, 0.2) is 0 Å².